The molecular formula is C16H13NO6. The van der Waals surface area contributed by atoms with Gasteiger partial charge >= 0.3 is 18.2 Å². The van der Waals surface area contributed by atoms with E-state index in [1.54, 1.807) is 37.3 Å². The van der Waals surface area contributed by atoms with Gasteiger partial charge in [-0.3, -0.25) is 0 Å². The lowest BCUT2D eigenvalue weighted by Gasteiger charge is -2.16. The van der Waals surface area contributed by atoms with Gasteiger partial charge in [0.1, 0.15) is 18.1 Å². The predicted molar refractivity (Wildman–Crippen MR) is 76.1 cm³/mol. The number of carbonyl (C=O) groups excluding carboxylic acids is 3. The summed E-state index contributed by atoms with van der Waals surface area (Å²) in [7, 11) is 0. The third kappa shape index (κ3) is 2.94. The van der Waals surface area contributed by atoms with E-state index in [1.165, 1.54) is 6.07 Å². The number of hydrogen-bond acceptors (Lipinski definition) is 6. The largest absolute Gasteiger partial charge is 0.464 e. The minimum absolute atomic E-state index is 0.0262. The first-order valence-corrected chi connectivity index (χ1v) is 6.88. The molecule has 23 heavy (non-hydrogen) atoms. The fourth-order valence-corrected chi connectivity index (χ4v) is 2.21. The summed E-state index contributed by atoms with van der Waals surface area (Å²) in [4.78, 5) is 36.4. The Morgan fingerprint density at radius 2 is 1.91 bits per heavy atom. The van der Waals surface area contributed by atoms with E-state index in [1.807, 2.05) is 6.07 Å². The van der Waals surface area contributed by atoms with Crippen molar-refractivity contribution in [1.82, 2.24) is 4.90 Å². The third-order valence-electron chi connectivity index (χ3n) is 3.30. The molecule has 0 aliphatic carbocycles. The smallest absolute Gasteiger partial charge is 0.428 e. The number of furan rings is 1. The van der Waals surface area contributed by atoms with E-state index >= 15 is 0 Å². The highest BCUT2D eigenvalue weighted by atomic mass is 16.6. The normalized spacial score (nSPS) is 17.3. The Hall–Kier alpha value is -3.09. The minimum atomic E-state index is -1.26. The lowest BCUT2D eigenvalue weighted by Crippen LogP contribution is -2.35. The first-order valence-electron chi connectivity index (χ1n) is 6.88. The number of imide groups is 1. The van der Waals surface area contributed by atoms with Crippen LogP contribution >= 0.6 is 0 Å². The van der Waals surface area contributed by atoms with Crippen LogP contribution in [0.2, 0.25) is 0 Å². The summed E-state index contributed by atoms with van der Waals surface area (Å²) in [5.74, 6) is -0.180. The maximum absolute atomic E-state index is 12.2. The first kappa shape index (κ1) is 14.8. The third-order valence-corrected chi connectivity index (χ3v) is 3.30. The van der Waals surface area contributed by atoms with Crippen molar-refractivity contribution < 1.29 is 28.3 Å². The molecule has 7 heteroatoms. The fourth-order valence-electron chi connectivity index (χ4n) is 2.21. The molecule has 2 aromatic rings. The molecule has 0 saturated carbocycles. The molecule has 0 spiro atoms. The second kappa shape index (κ2) is 5.96. The van der Waals surface area contributed by atoms with Gasteiger partial charge in [0.2, 0.25) is 6.04 Å². The number of carbonyl (C=O) groups is 3. The molecule has 1 saturated heterocycles. The molecule has 1 aliphatic rings. The topological polar surface area (TPSA) is 86.1 Å². The number of amides is 2. The van der Waals surface area contributed by atoms with Crippen molar-refractivity contribution in [2.75, 3.05) is 0 Å². The molecule has 1 aromatic carbocycles. The maximum atomic E-state index is 12.2. The van der Waals surface area contributed by atoms with Gasteiger partial charge in [-0.15, -0.1) is 0 Å². The van der Waals surface area contributed by atoms with Crippen LogP contribution in [0.5, 0.6) is 0 Å². The van der Waals surface area contributed by atoms with Gasteiger partial charge in [0.15, 0.2) is 0 Å². The number of rotatable bonds is 3. The SMILES string of the molecule is Cc1ccc(C2C(=O)OC(=O)N2C(=O)OCc2ccccc2)o1. The average molecular weight is 315 g/mol. The van der Waals surface area contributed by atoms with Gasteiger partial charge in [-0.2, -0.15) is 4.90 Å². The van der Waals surface area contributed by atoms with Gasteiger partial charge < -0.3 is 13.9 Å². The summed E-state index contributed by atoms with van der Waals surface area (Å²) in [5, 5.41) is 0. The van der Waals surface area contributed by atoms with Crippen molar-refractivity contribution in [3.63, 3.8) is 0 Å². The molecule has 0 bridgehead atoms. The van der Waals surface area contributed by atoms with Crippen LogP contribution in [0.3, 0.4) is 0 Å². The Labute approximate surface area is 131 Å². The van der Waals surface area contributed by atoms with Crippen molar-refractivity contribution in [3.8, 4) is 0 Å². The summed E-state index contributed by atoms with van der Waals surface area (Å²) in [5.41, 5.74) is 0.755. The van der Waals surface area contributed by atoms with Gasteiger partial charge in [-0.25, -0.2) is 14.4 Å². The van der Waals surface area contributed by atoms with Crippen molar-refractivity contribution in [2.45, 2.75) is 19.6 Å². The quantitative estimate of drug-likeness (QED) is 0.639. The van der Waals surface area contributed by atoms with E-state index in [0.717, 1.165) is 5.56 Å². The van der Waals surface area contributed by atoms with Crippen LogP contribution in [0.1, 0.15) is 23.1 Å². The zero-order valence-electron chi connectivity index (χ0n) is 12.2. The van der Waals surface area contributed by atoms with Crippen molar-refractivity contribution in [1.29, 1.82) is 0 Å². The monoisotopic (exact) mass is 315 g/mol. The number of hydrogen-bond donors (Lipinski definition) is 0. The fraction of sp³-hybridized carbons (Fsp3) is 0.188. The Morgan fingerprint density at radius 1 is 1.17 bits per heavy atom. The maximum Gasteiger partial charge on any atom is 0.428 e. The lowest BCUT2D eigenvalue weighted by atomic mass is 10.2. The summed E-state index contributed by atoms with van der Waals surface area (Å²) in [6, 6.07) is 10.8. The number of benzene rings is 1. The molecule has 1 aliphatic heterocycles. The van der Waals surface area contributed by atoms with Crippen LogP contribution in [0, 0.1) is 6.92 Å². The van der Waals surface area contributed by atoms with Crippen LogP contribution < -0.4 is 0 Å². The van der Waals surface area contributed by atoms with Gasteiger partial charge in [-0.05, 0) is 24.6 Å². The van der Waals surface area contributed by atoms with E-state index in [2.05, 4.69) is 4.74 Å². The van der Waals surface area contributed by atoms with Crippen LogP contribution in [0.15, 0.2) is 46.9 Å². The molecule has 118 valence electrons. The van der Waals surface area contributed by atoms with Crippen LogP contribution in [0.25, 0.3) is 0 Å². The van der Waals surface area contributed by atoms with Gasteiger partial charge in [0.05, 0.1) is 0 Å². The Morgan fingerprint density at radius 3 is 2.57 bits per heavy atom. The molecule has 2 heterocycles. The molecule has 1 unspecified atom stereocenters. The highest BCUT2D eigenvalue weighted by molar-refractivity contribution is 6.03. The summed E-state index contributed by atoms with van der Waals surface area (Å²) in [6.07, 6.45) is -2.05. The van der Waals surface area contributed by atoms with Gasteiger partial charge in [0.25, 0.3) is 0 Å². The lowest BCUT2D eigenvalue weighted by molar-refractivity contribution is -0.136. The molecule has 1 fully saturated rings. The van der Waals surface area contributed by atoms with Crippen LogP contribution in [-0.2, 0) is 20.9 Å². The summed E-state index contributed by atoms with van der Waals surface area (Å²) in [6.45, 7) is 1.66. The number of cyclic esters (lactones) is 2. The highest BCUT2D eigenvalue weighted by Crippen LogP contribution is 2.31. The summed E-state index contributed by atoms with van der Waals surface area (Å²) < 4.78 is 14.9. The number of aryl methyl sites for hydroxylation is 1. The van der Waals surface area contributed by atoms with E-state index < -0.39 is 24.2 Å². The summed E-state index contributed by atoms with van der Waals surface area (Å²) >= 11 is 0. The van der Waals surface area contributed by atoms with Crippen molar-refractivity contribution in [2.24, 2.45) is 0 Å². The zero-order valence-corrected chi connectivity index (χ0v) is 12.2. The standard InChI is InChI=1S/C16H13NO6/c1-10-7-8-12(22-10)13-14(18)23-16(20)17(13)15(19)21-9-11-5-3-2-4-6-11/h2-8,13H,9H2,1H3. The first-order chi connectivity index (χ1) is 11.1. The molecule has 1 aromatic heterocycles. The van der Waals surface area contributed by atoms with Gasteiger partial charge in [-0.1, -0.05) is 30.3 Å². The minimum Gasteiger partial charge on any atom is -0.464 e. The molecule has 1 atom stereocenters. The molecule has 3 rings (SSSR count). The Balaban J connectivity index is 1.77. The Bertz CT molecular complexity index is 751. The predicted octanol–water partition coefficient (Wildman–Crippen LogP) is 2.94. The Kier molecular flexibility index (Phi) is 3.84. The number of nitrogens with zero attached hydrogens (tertiary/aromatic N) is 1. The zero-order chi connectivity index (χ0) is 16.4. The van der Waals surface area contributed by atoms with E-state index in [-0.39, 0.29) is 12.4 Å². The highest BCUT2D eigenvalue weighted by Gasteiger charge is 2.48. The van der Waals surface area contributed by atoms with Crippen molar-refractivity contribution >= 4 is 18.2 Å². The van der Waals surface area contributed by atoms with Gasteiger partial charge in [0, 0.05) is 0 Å². The molecule has 2 amide bonds. The van der Waals surface area contributed by atoms with Crippen LogP contribution in [0.4, 0.5) is 9.59 Å². The second-order valence-electron chi connectivity index (χ2n) is 4.95. The van der Waals surface area contributed by atoms with Crippen LogP contribution in [-0.4, -0.2) is 23.1 Å². The molecule has 0 N–H and O–H groups in total. The van der Waals surface area contributed by atoms with E-state index in [4.69, 9.17) is 9.15 Å². The van der Waals surface area contributed by atoms with E-state index in [0.29, 0.717) is 10.7 Å². The molecular weight excluding hydrogens is 302 g/mol. The van der Waals surface area contributed by atoms with E-state index in [9.17, 15) is 14.4 Å². The average Bonchev–Trinajstić information content (AvgIpc) is 3.08. The second-order valence-corrected chi connectivity index (χ2v) is 4.95. The molecule has 7 nitrogen and oxygen atoms in total. The van der Waals surface area contributed by atoms with Crippen molar-refractivity contribution in [3.05, 3.63) is 59.5 Å². The molecule has 0 radical (unpaired) electrons. The number of ether oxygens (including phenoxy) is 2. The number of esters is 1.